The Morgan fingerprint density at radius 2 is 1.76 bits per heavy atom. The lowest BCUT2D eigenvalue weighted by atomic mass is 10.3. The van der Waals surface area contributed by atoms with Gasteiger partial charge >= 0.3 is 0 Å². The van der Waals surface area contributed by atoms with Gasteiger partial charge in [-0.1, -0.05) is 12.1 Å². The molecule has 1 saturated heterocycles. The third kappa shape index (κ3) is 4.17. The Morgan fingerprint density at radius 3 is 2.40 bits per heavy atom. The van der Waals surface area contributed by atoms with Gasteiger partial charge < -0.3 is 19.3 Å². The third-order valence-electron chi connectivity index (χ3n) is 4.16. The molecule has 7 nitrogen and oxygen atoms in total. The number of methoxy groups -OCH3 is 1. The minimum absolute atomic E-state index is 0.00467. The smallest absolute Gasteiger partial charge is 0.260 e. The van der Waals surface area contributed by atoms with Crippen molar-refractivity contribution >= 4 is 11.7 Å². The summed E-state index contributed by atoms with van der Waals surface area (Å²) in [7, 11) is 1.58. The zero-order chi connectivity index (χ0) is 17.6. The average Bonchev–Trinajstić information content (AvgIpc) is 2.67. The lowest BCUT2D eigenvalue weighted by Crippen LogP contribution is -2.50. The number of hydrogen-bond donors (Lipinski definition) is 0. The van der Waals surface area contributed by atoms with Crippen LogP contribution in [-0.4, -0.2) is 60.9 Å². The van der Waals surface area contributed by atoms with E-state index in [1.165, 1.54) is 0 Å². The Hall–Kier alpha value is -2.83. The van der Waals surface area contributed by atoms with Crippen molar-refractivity contribution in [2.24, 2.45) is 0 Å². The maximum atomic E-state index is 12.4. The molecule has 1 aromatic carbocycles. The zero-order valence-electron chi connectivity index (χ0n) is 14.5. The first-order valence-electron chi connectivity index (χ1n) is 8.26. The summed E-state index contributed by atoms with van der Waals surface area (Å²) < 4.78 is 10.8. The van der Waals surface area contributed by atoms with Crippen LogP contribution in [0.25, 0.3) is 0 Å². The van der Waals surface area contributed by atoms with Gasteiger partial charge in [0.2, 0.25) is 0 Å². The third-order valence-corrected chi connectivity index (χ3v) is 4.16. The van der Waals surface area contributed by atoms with E-state index in [0.29, 0.717) is 24.6 Å². The summed E-state index contributed by atoms with van der Waals surface area (Å²) >= 11 is 0. The minimum Gasteiger partial charge on any atom is -0.493 e. The fraction of sp³-hybridized carbons (Fsp3) is 0.389. The van der Waals surface area contributed by atoms with Crippen LogP contribution < -0.4 is 14.4 Å². The van der Waals surface area contributed by atoms with Crippen LogP contribution in [0.3, 0.4) is 0 Å². The number of carbonyl (C=O) groups is 1. The number of amides is 1. The molecule has 2 aromatic rings. The van der Waals surface area contributed by atoms with Gasteiger partial charge in [0, 0.05) is 26.2 Å². The summed E-state index contributed by atoms with van der Waals surface area (Å²) in [5, 5.41) is 8.28. The molecular formula is C18H22N4O3. The number of carbonyl (C=O) groups excluding carboxylic acids is 1. The number of aromatic nitrogens is 2. The summed E-state index contributed by atoms with van der Waals surface area (Å²) in [5.41, 5.74) is 0.894. The topological polar surface area (TPSA) is 67.8 Å². The first kappa shape index (κ1) is 17.0. The van der Waals surface area contributed by atoms with E-state index >= 15 is 0 Å². The Kier molecular flexibility index (Phi) is 5.33. The number of aryl methyl sites for hydroxylation is 1. The number of benzene rings is 1. The molecule has 0 atom stereocenters. The van der Waals surface area contributed by atoms with Gasteiger partial charge in [0.05, 0.1) is 12.8 Å². The number of rotatable bonds is 5. The van der Waals surface area contributed by atoms with Crippen molar-refractivity contribution in [3.8, 4) is 11.5 Å². The highest BCUT2D eigenvalue weighted by Gasteiger charge is 2.22. The van der Waals surface area contributed by atoms with Gasteiger partial charge in [0.1, 0.15) is 0 Å². The molecule has 1 aliphatic rings. The summed E-state index contributed by atoms with van der Waals surface area (Å²) in [6.45, 7) is 4.67. The van der Waals surface area contributed by atoms with Gasteiger partial charge in [-0.3, -0.25) is 4.79 Å². The lowest BCUT2D eigenvalue weighted by Gasteiger charge is -2.35. The number of hydrogen-bond acceptors (Lipinski definition) is 6. The van der Waals surface area contributed by atoms with E-state index in [2.05, 4.69) is 15.1 Å². The highest BCUT2D eigenvalue weighted by Crippen LogP contribution is 2.25. The van der Waals surface area contributed by atoms with Gasteiger partial charge in [-0.15, -0.1) is 5.10 Å². The van der Waals surface area contributed by atoms with Gasteiger partial charge in [-0.2, -0.15) is 5.10 Å². The van der Waals surface area contributed by atoms with E-state index in [1.54, 1.807) is 19.2 Å². The van der Waals surface area contributed by atoms with E-state index in [9.17, 15) is 4.79 Å². The molecule has 1 fully saturated rings. The highest BCUT2D eigenvalue weighted by molar-refractivity contribution is 5.78. The largest absolute Gasteiger partial charge is 0.493 e. The second kappa shape index (κ2) is 7.83. The molecule has 1 aliphatic heterocycles. The van der Waals surface area contributed by atoms with E-state index in [1.807, 2.05) is 36.1 Å². The molecule has 3 rings (SSSR count). The number of anilines is 1. The predicted molar refractivity (Wildman–Crippen MR) is 94.1 cm³/mol. The Balaban J connectivity index is 1.50. The van der Waals surface area contributed by atoms with Gasteiger partial charge in [-0.25, -0.2) is 0 Å². The van der Waals surface area contributed by atoms with Crippen LogP contribution >= 0.6 is 0 Å². The number of piperazine rings is 1. The SMILES string of the molecule is COc1ccccc1OCC(=O)N1CCN(c2ccc(C)nn2)CC1. The first-order valence-corrected chi connectivity index (χ1v) is 8.26. The molecule has 1 aromatic heterocycles. The van der Waals surface area contributed by atoms with Crippen molar-refractivity contribution in [1.82, 2.24) is 15.1 Å². The Labute approximate surface area is 147 Å². The fourth-order valence-electron chi connectivity index (χ4n) is 2.71. The normalized spacial score (nSPS) is 14.3. The van der Waals surface area contributed by atoms with E-state index in [4.69, 9.17) is 9.47 Å². The van der Waals surface area contributed by atoms with Crippen molar-refractivity contribution in [2.45, 2.75) is 6.92 Å². The van der Waals surface area contributed by atoms with E-state index < -0.39 is 0 Å². The Bertz CT molecular complexity index is 713. The standard InChI is InChI=1S/C18H22N4O3/c1-14-7-8-17(20-19-14)21-9-11-22(12-10-21)18(23)13-25-16-6-4-3-5-15(16)24-2/h3-8H,9-13H2,1-2H3. The van der Waals surface area contributed by atoms with Crippen LogP contribution in [0.2, 0.25) is 0 Å². The van der Waals surface area contributed by atoms with Crippen LogP contribution in [-0.2, 0) is 4.79 Å². The van der Waals surface area contributed by atoms with Crippen LogP contribution in [0.1, 0.15) is 5.69 Å². The average molecular weight is 342 g/mol. The number of nitrogens with zero attached hydrogens (tertiary/aromatic N) is 4. The molecule has 7 heteroatoms. The molecule has 25 heavy (non-hydrogen) atoms. The molecule has 1 amide bonds. The number of ether oxygens (including phenoxy) is 2. The molecule has 2 heterocycles. The van der Waals surface area contributed by atoms with Gasteiger partial charge in [0.25, 0.3) is 5.91 Å². The van der Waals surface area contributed by atoms with E-state index in [-0.39, 0.29) is 12.5 Å². The second-order valence-corrected chi connectivity index (χ2v) is 5.84. The summed E-state index contributed by atoms with van der Waals surface area (Å²) in [4.78, 5) is 16.3. The molecule has 0 aliphatic carbocycles. The monoisotopic (exact) mass is 342 g/mol. The van der Waals surface area contributed by atoms with Crippen molar-refractivity contribution < 1.29 is 14.3 Å². The first-order chi connectivity index (χ1) is 12.2. The van der Waals surface area contributed by atoms with Crippen molar-refractivity contribution in [3.63, 3.8) is 0 Å². The number of para-hydroxylation sites is 2. The molecule has 132 valence electrons. The summed E-state index contributed by atoms with van der Waals surface area (Å²) in [5.74, 6) is 2.02. The van der Waals surface area contributed by atoms with Gasteiger partial charge in [-0.05, 0) is 31.2 Å². The highest BCUT2D eigenvalue weighted by atomic mass is 16.5. The molecule has 0 radical (unpaired) electrons. The zero-order valence-corrected chi connectivity index (χ0v) is 14.5. The quantitative estimate of drug-likeness (QED) is 0.821. The van der Waals surface area contributed by atoms with Crippen LogP contribution in [0.15, 0.2) is 36.4 Å². The maximum absolute atomic E-state index is 12.4. The van der Waals surface area contributed by atoms with Crippen LogP contribution in [0, 0.1) is 6.92 Å². The summed E-state index contributed by atoms with van der Waals surface area (Å²) in [6.07, 6.45) is 0. The second-order valence-electron chi connectivity index (χ2n) is 5.84. The molecular weight excluding hydrogens is 320 g/mol. The van der Waals surface area contributed by atoms with E-state index in [0.717, 1.165) is 24.6 Å². The lowest BCUT2D eigenvalue weighted by molar-refractivity contribution is -0.133. The van der Waals surface area contributed by atoms with Gasteiger partial charge in [0.15, 0.2) is 23.9 Å². The maximum Gasteiger partial charge on any atom is 0.260 e. The van der Waals surface area contributed by atoms with Crippen molar-refractivity contribution in [3.05, 3.63) is 42.1 Å². The molecule has 0 spiro atoms. The van der Waals surface area contributed by atoms with Crippen molar-refractivity contribution in [1.29, 1.82) is 0 Å². The van der Waals surface area contributed by atoms with Crippen LogP contribution in [0.5, 0.6) is 11.5 Å². The predicted octanol–water partition coefficient (Wildman–Crippen LogP) is 1.52. The fourth-order valence-corrected chi connectivity index (χ4v) is 2.71. The molecule has 0 bridgehead atoms. The molecule has 0 unspecified atom stereocenters. The Morgan fingerprint density at radius 1 is 1.04 bits per heavy atom. The van der Waals surface area contributed by atoms with Crippen molar-refractivity contribution in [2.75, 3.05) is 44.8 Å². The molecule has 0 N–H and O–H groups in total. The molecule has 0 saturated carbocycles. The summed E-state index contributed by atoms with van der Waals surface area (Å²) in [6, 6.07) is 11.2. The minimum atomic E-state index is -0.0273. The van der Waals surface area contributed by atoms with Crippen LogP contribution in [0.4, 0.5) is 5.82 Å².